The van der Waals surface area contributed by atoms with Gasteiger partial charge < -0.3 is 9.94 Å². The van der Waals surface area contributed by atoms with Crippen molar-refractivity contribution in [3.8, 4) is 0 Å². The number of nitrogens with zero attached hydrogens (tertiary/aromatic N) is 2. The molecule has 0 aliphatic rings. The molecule has 0 aliphatic heterocycles. The van der Waals surface area contributed by atoms with Gasteiger partial charge in [-0.1, -0.05) is 0 Å². The molecule has 0 fully saturated rings. The second-order valence-corrected chi connectivity index (χ2v) is 3.58. The van der Waals surface area contributed by atoms with Gasteiger partial charge >= 0.3 is 5.15 Å². The molecule has 0 saturated carbocycles. The molecule has 7 heteroatoms. The lowest BCUT2D eigenvalue weighted by molar-refractivity contribution is -0.462. The molecule has 2 rings (SSSR count). The molecule has 0 bridgehead atoms. The maximum atomic E-state index is 12.9. The lowest BCUT2D eigenvalue weighted by Crippen LogP contribution is -2.22. The van der Waals surface area contributed by atoms with E-state index in [4.69, 9.17) is 11.6 Å². The fourth-order valence-corrected chi connectivity index (χ4v) is 1.54. The highest BCUT2D eigenvalue weighted by atomic mass is 35.5. The van der Waals surface area contributed by atoms with Gasteiger partial charge in [0.1, 0.15) is 11.2 Å². The van der Waals surface area contributed by atoms with Crippen molar-refractivity contribution >= 4 is 22.6 Å². The third-order valence-electron chi connectivity index (χ3n) is 2.24. The molecule has 0 unspecified atom stereocenters. The van der Waals surface area contributed by atoms with Crippen molar-refractivity contribution in [2.75, 3.05) is 0 Å². The number of rotatable bonds is 0. The van der Waals surface area contributed by atoms with Gasteiger partial charge in [-0.25, -0.2) is 8.78 Å². The number of fused-ring (bicyclic) bond motifs is 1. The van der Waals surface area contributed by atoms with Crippen LogP contribution in [0.2, 0.25) is 5.15 Å². The van der Waals surface area contributed by atoms with Crippen LogP contribution >= 0.6 is 11.6 Å². The molecule has 1 heterocycles. The van der Waals surface area contributed by atoms with Gasteiger partial charge in [0, 0.05) is 11.0 Å². The SMILES string of the molecule is Cc1c(Cl)[n+](=O)c2cc(F)c(F)cc2n1[O-]. The van der Waals surface area contributed by atoms with Gasteiger partial charge in [-0.15, -0.1) is 0 Å². The molecule has 16 heavy (non-hydrogen) atoms. The third-order valence-corrected chi connectivity index (χ3v) is 2.66. The molecule has 1 aromatic carbocycles. The summed E-state index contributed by atoms with van der Waals surface area (Å²) in [5.74, 6) is -2.41. The van der Waals surface area contributed by atoms with Crippen molar-refractivity contribution in [3.63, 3.8) is 0 Å². The van der Waals surface area contributed by atoms with Crippen LogP contribution in [0, 0.1) is 28.7 Å². The molecule has 84 valence electrons. The van der Waals surface area contributed by atoms with Crippen LogP contribution in [-0.4, -0.2) is 4.73 Å². The van der Waals surface area contributed by atoms with Crippen molar-refractivity contribution in [2.45, 2.75) is 6.92 Å². The molecule has 0 N–H and O–H groups in total. The summed E-state index contributed by atoms with van der Waals surface area (Å²) >= 11 is 5.57. The average molecular weight is 247 g/mol. The van der Waals surface area contributed by atoms with E-state index in [1.165, 1.54) is 6.92 Å². The second-order valence-electron chi connectivity index (χ2n) is 3.22. The second kappa shape index (κ2) is 3.41. The highest BCUT2D eigenvalue weighted by Gasteiger charge is 2.20. The normalized spacial score (nSPS) is 11.0. The summed E-state index contributed by atoms with van der Waals surface area (Å²) in [6.07, 6.45) is 0. The zero-order chi connectivity index (χ0) is 12.0. The van der Waals surface area contributed by atoms with Gasteiger partial charge in [-0.2, -0.15) is 0 Å². The van der Waals surface area contributed by atoms with Crippen LogP contribution in [-0.2, 0) is 0 Å². The largest absolute Gasteiger partial charge is 0.805 e. The smallest absolute Gasteiger partial charge is 0.350 e. The van der Waals surface area contributed by atoms with Crippen LogP contribution in [0.25, 0.3) is 11.0 Å². The predicted molar refractivity (Wildman–Crippen MR) is 53.7 cm³/mol. The molecule has 2 aromatic rings. The Morgan fingerprint density at radius 2 is 1.94 bits per heavy atom. The Bertz CT molecular complexity index is 654. The summed E-state index contributed by atoms with van der Waals surface area (Å²) in [6, 6.07) is 1.30. The number of benzene rings is 1. The van der Waals surface area contributed by atoms with E-state index in [1.54, 1.807) is 0 Å². The van der Waals surface area contributed by atoms with E-state index in [-0.39, 0.29) is 31.0 Å². The lowest BCUT2D eigenvalue weighted by Gasteiger charge is -2.14. The van der Waals surface area contributed by atoms with Gasteiger partial charge in [0.25, 0.3) is 5.52 Å². The van der Waals surface area contributed by atoms with E-state index in [2.05, 4.69) is 0 Å². The standard InChI is InChI=1S/C9H5ClF2N2O2/c1-4-9(10)14(16)8-3-6(12)5(11)2-7(8)13(4)15/h2-3H,1H3. The zero-order valence-electron chi connectivity index (χ0n) is 8.00. The topological polar surface area (TPSA) is 51.0 Å². The molecular formula is C9H5ClF2N2O2. The Morgan fingerprint density at radius 1 is 1.38 bits per heavy atom. The summed E-state index contributed by atoms with van der Waals surface area (Å²) in [4.78, 5) is 11.5. The third kappa shape index (κ3) is 1.34. The number of halogens is 3. The Kier molecular flexibility index (Phi) is 2.31. The van der Waals surface area contributed by atoms with Crippen molar-refractivity contribution in [3.05, 3.63) is 44.7 Å². The van der Waals surface area contributed by atoms with Gasteiger partial charge in [-0.3, -0.25) is 0 Å². The summed E-state index contributed by atoms with van der Waals surface area (Å²) in [5, 5.41) is 11.2. The minimum absolute atomic E-state index is 0.0739. The quantitative estimate of drug-likeness (QED) is 0.669. The van der Waals surface area contributed by atoms with Crippen molar-refractivity contribution < 1.29 is 13.2 Å². The summed E-state index contributed by atoms with van der Waals surface area (Å²) in [6.45, 7) is 1.31. The van der Waals surface area contributed by atoms with Gasteiger partial charge in [0.2, 0.25) is 0 Å². The lowest BCUT2D eigenvalue weighted by atomic mass is 10.2. The molecule has 0 atom stereocenters. The Labute approximate surface area is 92.9 Å². The van der Waals surface area contributed by atoms with E-state index in [9.17, 15) is 18.9 Å². The molecule has 0 amide bonds. The first kappa shape index (κ1) is 10.8. The maximum absolute atomic E-state index is 12.9. The van der Waals surface area contributed by atoms with E-state index >= 15 is 0 Å². The van der Waals surface area contributed by atoms with Crippen LogP contribution in [0.5, 0.6) is 0 Å². The summed E-state index contributed by atoms with van der Waals surface area (Å²) in [7, 11) is 0. The fourth-order valence-electron chi connectivity index (χ4n) is 1.37. The first-order chi connectivity index (χ1) is 7.43. The first-order valence-electron chi connectivity index (χ1n) is 4.23. The number of aromatic nitrogens is 2. The molecule has 0 spiro atoms. The highest BCUT2D eigenvalue weighted by molar-refractivity contribution is 6.29. The van der Waals surface area contributed by atoms with Crippen molar-refractivity contribution in [1.29, 1.82) is 0 Å². The van der Waals surface area contributed by atoms with Crippen LogP contribution in [0.4, 0.5) is 8.78 Å². The maximum Gasteiger partial charge on any atom is 0.350 e. The van der Waals surface area contributed by atoms with Crippen LogP contribution < -0.4 is 4.43 Å². The first-order valence-corrected chi connectivity index (χ1v) is 4.61. The van der Waals surface area contributed by atoms with E-state index in [0.717, 1.165) is 0 Å². The van der Waals surface area contributed by atoms with Crippen LogP contribution in [0.1, 0.15) is 5.69 Å². The Hall–Kier alpha value is -1.69. The monoisotopic (exact) mass is 246 g/mol. The number of hydrogen-bond acceptors (Lipinski definition) is 2. The molecule has 0 saturated heterocycles. The van der Waals surface area contributed by atoms with Gasteiger partial charge in [-0.05, 0) is 18.5 Å². The summed E-state index contributed by atoms with van der Waals surface area (Å²) in [5.41, 5.74) is -0.657. The fraction of sp³-hybridized carbons (Fsp3) is 0.111. The average Bonchev–Trinajstić information content (AvgIpc) is 2.26. The van der Waals surface area contributed by atoms with Crippen LogP contribution in [0.3, 0.4) is 0 Å². The van der Waals surface area contributed by atoms with E-state index < -0.39 is 11.6 Å². The molecular weight excluding hydrogens is 242 g/mol. The predicted octanol–water partition coefficient (Wildman–Crippen LogP) is 2.14. The molecule has 4 nitrogen and oxygen atoms in total. The van der Waals surface area contributed by atoms with Gasteiger partial charge in [0.05, 0.1) is 10.5 Å². The van der Waals surface area contributed by atoms with Crippen molar-refractivity contribution in [2.24, 2.45) is 0 Å². The summed E-state index contributed by atoms with van der Waals surface area (Å²) < 4.78 is 26.3. The van der Waals surface area contributed by atoms with Crippen LogP contribution in [0.15, 0.2) is 12.1 Å². The Balaban J connectivity index is 3.09. The zero-order valence-corrected chi connectivity index (χ0v) is 8.76. The number of hydrogen-bond donors (Lipinski definition) is 0. The van der Waals surface area contributed by atoms with Gasteiger partial charge in [0.15, 0.2) is 11.6 Å². The van der Waals surface area contributed by atoms with Crippen molar-refractivity contribution in [1.82, 2.24) is 4.73 Å². The highest BCUT2D eigenvalue weighted by Crippen LogP contribution is 2.19. The minimum atomic E-state index is -1.21. The Morgan fingerprint density at radius 3 is 2.56 bits per heavy atom. The minimum Gasteiger partial charge on any atom is -0.805 e. The van der Waals surface area contributed by atoms with E-state index in [1.807, 2.05) is 0 Å². The van der Waals surface area contributed by atoms with E-state index in [0.29, 0.717) is 12.1 Å². The molecule has 1 aromatic heterocycles. The molecule has 0 aliphatic carbocycles. The molecule has 0 radical (unpaired) electrons.